The summed E-state index contributed by atoms with van der Waals surface area (Å²) < 4.78 is 10.5. The molecule has 0 spiro atoms. The summed E-state index contributed by atoms with van der Waals surface area (Å²) in [6, 6.07) is 0. The minimum absolute atomic E-state index is 0.100. The summed E-state index contributed by atoms with van der Waals surface area (Å²) in [5, 5.41) is 10.5. The van der Waals surface area contributed by atoms with Crippen LogP contribution in [0.1, 0.15) is 54.4 Å². The third-order valence-electron chi connectivity index (χ3n) is 2.90. The largest absolute Gasteiger partial charge is 0.458 e. The molecule has 0 radical (unpaired) electrons. The lowest BCUT2D eigenvalue weighted by Gasteiger charge is -2.39. The molecular weight excluding hydrogens is 274 g/mol. The molecule has 0 aromatic rings. The Bertz CT molecular complexity index is 407. The number of carbonyl (C=O) groups excluding carboxylic acids is 2. The molecule has 0 aromatic carbocycles. The Morgan fingerprint density at radius 2 is 1.57 bits per heavy atom. The number of carbonyl (C=O) groups is 2. The number of likely N-dealkylation sites (tertiary alicyclic amines) is 1. The summed E-state index contributed by atoms with van der Waals surface area (Å²) in [6.07, 6.45) is 0.278. The number of aliphatic hydroxyl groups is 1. The third-order valence-corrected chi connectivity index (χ3v) is 2.90. The van der Waals surface area contributed by atoms with E-state index in [1.165, 1.54) is 4.90 Å². The minimum atomic E-state index is -1.66. The molecule has 1 saturated heterocycles. The molecule has 6 heteroatoms. The molecule has 6 nitrogen and oxygen atoms in total. The monoisotopic (exact) mass is 301 g/mol. The Kier molecular flexibility index (Phi) is 4.93. The molecule has 1 amide bonds. The van der Waals surface area contributed by atoms with Crippen LogP contribution in [0.4, 0.5) is 4.79 Å². The Hall–Kier alpha value is -1.30. The molecule has 1 atom stereocenters. The van der Waals surface area contributed by atoms with Crippen LogP contribution in [-0.4, -0.2) is 52.0 Å². The first-order chi connectivity index (χ1) is 9.32. The molecule has 1 aliphatic heterocycles. The summed E-state index contributed by atoms with van der Waals surface area (Å²) in [5.74, 6) is -0.691. The predicted molar refractivity (Wildman–Crippen MR) is 77.8 cm³/mol. The highest BCUT2D eigenvalue weighted by molar-refractivity contribution is 5.81. The van der Waals surface area contributed by atoms with E-state index in [4.69, 9.17) is 9.47 Å². The third kappa shape index (κ3) is 5.53. The fourth-order valence-corrected chi connectivity index (χ4v) is 2.06. The molecule has 1 fully saturated rings. The van der Waals surface area contributed by atoms with Gasteiger partial charge in [-0.25, -0.2) is 9.59 Å². The highest BCUT2D eigenvalue weighted by Crippen LogP contribution is 2.26. The summed E-state index contributed by atoms with van der Waals surface area (Å²) in [6.45, 7) is 10.9. The normalized spacial score (nSPS) is 23.7. The average molecular weight is 301 g/mol. The summed E-state index contributed by atoms with van der Waals surface area (Å²) in [7, 11) is 0. The van der Waals surface area contributed by atoms with E-state index in [0.29, 0.717) is 13.0 Å². The van der Waals surface area contributed by atoms with Crippen molar-refractivity contribution in [3.63, 3.8) is 0 Å². The summed E-state index contributed by atoms with van der Waals surface area (Å²) >= 11 is 0. The molecule has 1 heterocycles. The fraction of sp³-hybridized carbons (Fsp3) is 0.867. The number of piperidine rings is 1. The number of hydrogen-bond donors (Lipinski definition) is 1. The predicted octanol–water partition coefficient (Wildman–Crippen LogP) is 2.09. The van der Waals surface area contributed by atoms with Crippen molar-refractivity contribution in [1.82, 2.24) is 4.90 Å². The maximum atomic E-state index is 12.1. The van der Waals surface area contributed by atoms with Gasteiger partial charge in [0.15, 0.2) is 5.60 Å². The number of amides is 1. The van der Waals surface area contributed by atoms with E-state index in [-0.39, 0.29) is 13.0 Å². The first-order valence-electron chi connectivity index (χ1n) is 7.26. The van der Waals surface area contributed by atoms with Crippen molar-refractivity contribution in [2.45, 2.75) is 71.2 Å². The van der Waals surface area contributed by atoms with Gasteiger partial charge < -0.3 is 19.5 Å². The van der Waals surface area contributed by atoms with E-state index in [2.05, 4.69) is 0 Å². The number of nitrogens with zero attached hydrogens (tertiary/aromatic N) is 1. The molecule has 0 bridgehead atoms. The van der Waals surface area contributed by atoms with Crippen LogP contribution >= 0.6 is 0 Å². The number of ether oxygens (including phenoxy) is 2. The SMILES string of the molecule is CC(C)(C)OC(=O)N1CCCC(O)(C(=O)OC(C)(C)C)C1. The van der Waals surface area contributed by atoms with E-state index in [0.717, 1.165) is 0 Å². The second-order valence-corrected chi connectivity index (χ2v) is 7.54. The first-order valence-corrected chi connectivity index (χ1v) is 7.26. The maximum Gasteiger partial charge on any atom is 0.410 e. The van der Waals surface area contributed by atoms with Gasteiger partial charge in [-0.1, -0.05) is 0 Å². The standard InChI is InChI=1S/C15H27NO5/c1-13(2,3)20-11(17)15(19)8-7-9-16(10-15)12(18)21-14(4,5)6/h19H,7-10H2,1-6H3. The van der Waals surface area contributed by atoms with Crippen LogP contribution in [-0.2, 0) is 14.3 Å². The molecular formula is C15H27NO5. The van der Waals surface area contributed by atoms with Crippen molar-refractivity contribution in [2.75, 3.05) is 13.1 Å². The quantitative estimate of drug-likeness (QED) is 0.751. The van der Waals surface area contributed by atoms with Gasteiger partial charge in [0.25, 0.3) is 0 Å². The molecule has 1 N–H and O–H groups in total. The van der Waals surface area contributed by atoms with Gasteiger partial charge in [0, 0.05) is 6.54 Å². The molecule has 21 heavy (non-hydrogen) atoms. The summed E-state index contributed by atoms with van der Waals surface area (Å²) in [4.78, 5) is 25.5. The van der Waals surface area contributed by atoms with Crippen LogP contribution in [0.15, 0.2) is 0 Å². The zero-order valence-electron chi connectivity index (χ0n) is 13.9. The van der Waals surface area contributed by atoms with Gasteiger partial charge in [0.1, 0.15) is 11.2 Å². The highest BCUT2D eigenvalue weighted by atomic mass is 16.6. The van der Waals surface area contributed by atoms with Crippen molar-refractivity contribution in [1.29, 1.82) is 0 Å². The molecule has 1 aliphatic rings. The summed E-state index contributed by atoms with van der Waals surface area (Å²) in [5.41, 5.74) is -2.96. The van der Waals surface area contributed by atoms with Crippen molar-refractivity contribution in [2.24, 2.45) is 0 Å². The van der Waals surface area contributed by atoms with E-state index < -0.39 is 28.9 Å². The van der Waals surface area contributed by atoms with Crippen molar-refractivity contribution < 1.29 is 24.2 Å². The molecule has 0 aliphatic carbocycles. The van der Waals surface area contributed by atoms with Crippen LogP contribution in [0.25, 0.3) is 0 Å². The van der Waals surface area contributed by atoms with Crippen LogP contribution in [0.3, 0.4) is 0 Å². The molecule has 1 rings (SSSR count). The van der Waals surface area contributed by atoms with Gasteiger partial charge in [0.05, 0.1) is 6.54 Å². The Morgan fingerprint density at radius 1 is 1.05 bits per heavy atom. The van der Waals surface area contributed by atoms with Crippen molar-refractivity contribution in [3.8, 4) is 0 Å². The van der Waals surface area contributed by atoms with Gasteiger partial charge in [-0.05, 0) is 54.4 Å². The molecule has 122 valence electrons. The maximum absolute atomic E-state index is 12.1. The smallest absolute Gasteiger partial charge is 0.410 e. The van der Waals surface area contributed by atoms with Crippen LogP contribution < -0.4 is 0 Å². The topological polar surface area (TPSA) is 76.1 Å². The van der Waals surface area contributed by atoms with Crippen LogP contribution in [0.2, 0.25) is 0 Å². The lowest BCUT2D eigenvalue weighted by atomic mass is 9.93. The van der Waals surface area contributed by atoms with Gasteiger partial charge in [0.2, 0.25) is 0 Å². The lowest BCUT2D eigenvalue weighted by Crippen LogP contribution is -2.56. The van der Waals surface area contributed by atoms with Crippen molar-refractivity contribution in [3.05, 3.63) is 0 Å². The second-order valence-electron chi connectivity index (χ2n) is 7.54. The van der Waals surface area contributed by atoms with E-state index in [1.54, 1.807) is 41.5 Å². The van der Waals surface area contributed by atoms with E-state index >= 15 is 0 Å². The molecule has 1 unspecified atom stereocenters. The van der Waals surface area contributed by atoms with E-state index in [1.807, 2.05) is 0 Å². The zero-order valence-corrected chi connectivity index (χ0v) is 13.9. The zero-order chi connectivity index (χ0) is 16.5. The van der Waals surface area contributed by atoms with Gasteiger partial charge in [-0.2, -0.15) is 0 Å². The molecule has 0 aromatic heterocycles. The fourth-order valence-electron chi connectivity index (χ4n) is 2.06. The van der Waals surface area contributed by atoms with E-state index in [9.17, 15) is 14.7 Å². The number of rotatable bonds is 1. The van der Waals surface area contributed by atoms with Crippen LogP contribution in [0.5, 0.6) is 0 Å². The van der Waals surface area contributed by atoms with Crippen LogP contribution in [0, 0.1) is 0 Å². The minimum Gasteiger partial charge on any atom is -0.458 e. The van der Waals surface area contributed by atoms with Gasteiger partial charge in [-0.15, -0.1) is 0 Å². The Balaban J connectivity index is 2.74. The number of esters is 1. The Morgan fingerprint density at radius 3 is 2.05 bits per heavy atom. The molecule has 0 saturated carbocycles. The number of β-amino-alcohol motifs (C(OH)–C–C–N with tert-alkyl or cyclic N) is 1. The number of hydrogen-bond acceptors (Lipinski definition) is 5. The first kappa shape index (κ1) is 17.8. The lowest BCUT2D eigenvalue weighted by molar-refractivity contribution is -0.182. The van der Waals surface area contributed by atoms with Gasteiger partial charge in [-0.3, -0.25) is 0 Å². The van der Waals surface area contributed by atoms with Crippen molar-refractivity contribution >= 4 is 12.1 Å². The average Bonchev–Trinajstić information content (AvgIpc) is 2.24. The second kappa shape index (κ2) is 5.83. The van der Waals surface area contributed by atoms with Gasteiger partial charge >= 0.3 is 12.1 Å². The Labute approximate surface area is 126 Å². The highest BCUT2D eigenvalue weighted by Gasteiger charge is 2.45.